The lowest BCUT2D eigenvalue weighted by molar-refractivity contribution is -0.161. The molecule has 2 aliphatic heterocycles. The zero-order chi connectivity index (χ0) is 28.2. The minimum Gasteiger partial charge on any atom is -0.460 e. The fraction of sp³-hybridized carbons (Fsp3) is 0.688. The van der Waals surface area contributed by atoms with Crippen LogP contribution in [-0.2, 0) is 20.9 Å². The summed E-state index contributed by atoms with van der Waals surface area (Å²) in [6.45, 7) is 14.7. The number of piperidine rings is 1. The molecule has 0 radical (unpaired) electrons. The lowest BCUT2D eigenvalue weighted by atomic mass is 9.75. The van der Waals surface area contributed by atoms with Crippen molar-refractivity contribution in [3.63, 3.8) is 0 Å². The normalized spacial score (nSPS) is 25.4. The number of rotatable bonds is 8. The summed E-state index contributed by atoms with van der Waals surface area (Å²) in [7, 11) is 0. The van der Waals surface area contributed by atoms with E-state index in [2.05, 4.69) is 41.1 Å². The molecule has 4 rings (SSSR count). The molecular weight excluding hydrogens is 510 g/mol. The molecule has 1 aliphatic carbocycles. The predicted octanol–water partition coefficient (Wildman–Crippen LogP) is 5.90. The van der Waals surface area contributed by atoms with Gasteiger partial charge in [0.1, 0.15) is 5.60 Å². The number of hydrogen-bond donors (Lipinski definition) is 1. The van der Waals surface area contributed by atoms with Crippen LogP contribution in [0.25, 0.3) is 0 Å². The number of nitrogens with one attached hydrogen (secondary N) is 1. The van der Waals surface area contributed by atoms with E-state index in [1.54, 1.807) is 5.57 Å². The van der Waals surface area contributed by atoms with E-state index in [9.17, 15) is 9.59 Å². The number of nitrogens with zero attached hydrogens (tertiary/aromatic N) is 2. The molecule has 2 fully saturated rings. The van der Waals surface area contributed by atoms with Crippen molar-refractivity contribution in [1.29, 1.82) is 0 Å². The van der Waals surface area contributed by atoms with Gasteiger partial charge in [0.15, 0.2) is 0 Å². The zero-order valence-electron chi connectivity index (χ0n) is 24.7. The van der Waals surface area contributed by atoms with Crippen LogP contribution < -0.4 is 5.32 Å². The fourth-order valence-electron chi connectivity index (χ4n) is 6.53. The molecule has 3 aliphatic rings. The monoisotopic (exact) mass is 557 g/mol. The van der Waals surface area contributed by atoms with Crippen molar-refractivity contribution in [2.24, 2.45) is 11.3 Å². The number of benzene rings is 1. The SMILES string of the molecule is Cc1cccc(Cl)c1CN1C[C@@H](C)[C@@](CC(=O)OC(C)(C)C)(C(=O)NC2CCN(CC3=CCCCC3)CC2)C1. The van der Waals surface area contributed by atoms with Crippen molar-refractivity contribution in [1.82, 2.24) is 15.1 Å². The predicted molar refractivity (Wildman–Crippen MR) is 158 cm³/mol. The first-order chi connectivity index (χ1) is 18.4. The molecule has 1 N–H and O–H groups in total. The van der Waals surface area contributed by atoms with Crippen LogP contribution >= 0.6 is 11.6 Å². The van der Waals surface area contributed by atoms with Crippen LogP contribution in [0.3, 0.4) is 0 Å². The Hall–Kier alpha value is -1.89. The van der Waals surface area contributed by atoms with E-state index in [1.807, 2.05) is 32.9 Å². The van der Waals surface area contributed by atoms with Crippen molar-refractivity contribution >= 4 is 23.5 Å². The number of halogens is 1. The molecule has 0 unspecified atom stereocenters. The van der Waals surface area contributed by atoms with Crippen LogP contribution in [0.2, 0.25) is 5.02 Å². The quantitative estimate of drug-likeness (QED) is 0.318. The summed E-state index contributed by atoms with van der Waals surface area (Å²) in [5.74, 6) is -0.310. The number of esters is 1. The Kier molecular flexibility index (Phi) is 9.83. The van der Waals surface area contributed by atoms with Gasteiger partial charge in [-0.2, -0.15) is 0 Å². The molecule has 39 heavy (non-hydrogen) atoms. The number of ether oxygens (including phenoxy) is 1. The minimum atomic E-state index is -0.832. The lowest BCUT2D eigenvalue weighted by Crippen LogP contribution is -2.53. The van der Waals surface area contributed by atoms with E-state index in [1.165, 1.54) is 25.7 Å². The summed E-state index contributed by atoms with van der Waals surface area (Å²) in [6, 6.07) is 6.09. The van der Waals surface area contributed by atoms with Gasteiger partial charge in [0.2, 0.25) is 5.91 Å². The Morgan fingerprint density at radius 1 is 1.13 bits per heavy atom. The smallest absolute Gasteiger partial charge is 0.307 e. The number of amides is 1. The van der Waals surface area contributed by atoms with Gasteiger partial charge in [-0.05, 0) is 89.3 Å². The summed E-state index contributed by atoms with van der Waals surface area (Å²) in [6.07, 6.45) is 9.47. The van der Waals surface area contributed by atoms with E-state index >= 15 is 0 Å². The van der Waals surface area contributed by atoms with Crippen LogP contribution in [-0.4, -0.2) is 66.0 Å². The van der Waals surface area contributed by atoms with Gasteiger partial charge in [0.25, 0.3) is 0 Å². The second kappa shape index (κ2) is 12.7. The third-order valence-electron chi connectivity index (χ3n) is 8.78. The third-order valence-corrected chi connectivity index (χ3v) is 9.14. The van der Waals surface area contributed by atoms with Gasteiger partial charge >= 0.3 is 5.97 Å². The number of aryl methyl sites for hydroxylation is 1. The maximum atomic E-state index is 14.1. The van der Waals surface area contributed by atoms with Gasteiger partial charge in [-0.1, -0.05) is 42.3 Å². The Bertz CT molecular complexity index is 1040. The van der Waals surface area contributed by atoms with Gasteiger partial charge in [0, 0.05) is 50.3 Å². The van der Waals surface area contributed by atoms with Gasteiger partial charge < -0.3 is 10.1 Å². The molecule has 2 saturated heterocycles. The molecule has 0 bridgehead atoms. The molecule has 0 spiro atoms. The Morgan fingerprint density at radius 3 is 2.51 bits per heavy atom. The van der Waals surface area contributed by atoms with Gasteiger partial charge in [0.05, 0.1) is 11.8 Å². The maximum Gasteiger partial charge on any atom is 0.307 e. The second-order valence-electron chi connectivity index (χ2n) is 13.2. The molecule has 2 heterocycles. The first-order valence-electron chi connectivity index (χ1n) is 14.8. The minimum absolute atomic E-state index is 0.00569. The highest BCUT2D eigenvalue weighted by Crippen LogP contribution is 2.41. The van der Waals surface area contributed by atoms with Crippen LogP contribution in [0.15, 0.2) is 29.8 Å². The number of allylic oxidation sites excluding steroid dienone is 1. The molecule has 1 aromatic carbocycles. The molecule has 0 saturated carbocycles. The largest absolute Gasteiger partial charge is 0.460 e. The highest BCUT2D eigenvalue weighted by Gasteiger charge is 2.52. The second-order valence-corrected chi connectivity index (χ2v) is 13.6. The standard InChI is InChI=1S/C32H48ClN3O3/c1-23-10-9-13-28(33)27(23)21-36-19-24(2)32(22-36,18-29(37)39-31(3,4)5)30(38)34-26-14-16-35(17-15-26)20-25-11-7-6-8-12-25/h9-11,13,24,26H,6-8,12,14-22H2,1-5H3,(H,34,38)/t24-,32+/m1/s1. The third kappa shape index (κ3) is 7.86. The Morgan fingerprint density at radius 2 is 1.87 bits per heavy atom. The van der Waals surface area contributed by atoms with Crippen molar-refractivity contribution in [3.05, 3.63) is 46.0 Å². The van der Waals surface area contributed by atoms with Gasteiger partial charge in [-0.25, -0.2) is 0 Å². The topological polar surface area (TPSA) is 61.9 Å². The number of hydrogen-bond acceptors (Lipinski definition) is 5. The molecule has 7 heteroatoms. The van der Waals surface area contributed by atoms with Crippen molar-refractivity contribution < 1.29 is 14.3 Å². The molecular formula is C32H48ClN3O3. The lowest BCUT2D eigenvalue weighted by Gasteiger charge is -2.37. The van der Waals surface area contributed by atoms with E-state index in [0.29, 0.717) is 13.1 Å². The molecule has 1 aromatic rings. The number of carbonyl (C=O) groups is 2. The first-order valence-corrected chi connectivity index (χ1v) is 15.2. The van der Waals surface area contributed by atoms with E-state index in [4.69, 9.17) is 16.3 Å². The fourth-order valence-corrected chi connectivity index (χ4v) is 6.81. The maximum absolute atomic E-state index is 14.1. The van der Waals surface area contributed by atoms with Gasteiger partial charge in [-0.15, -0.1) is 0 Å². The van der Waals surface area contributed by atoms with E-state index in [0.717, 1.165) is 55.2 Å². The van der Waals surface area contributed by atoms with Gasteiger partial charge in [-0.3, -0.25) is 19.4 Å². The molecule has 6 nitrogen and oxygen atoms in total. The average molecular weight is 558 g/mol. The zero-order valence-corrected chi connectivity index (χ0v) is 25.4. The highest BCUT2D eigenvalue weighted by atomic mass is 35.5. The van der Waals surface area contributed by atoms with E-state index < -0.39 is 11.0 Å². The molecule has 0 aromatic heterocycles. The Labute approximate surface area is 240 Å². The van der Waals surface area contributed by atoms with Crippen LogP contribution in [0, 0.1) is 18.3 Å². The van der Waals surface area contributed by atoms with Crippen LogP contribution in [0.4, 0.5) is 0 Å². The highest BCUT2D eigenvalue weighted by molar-refractivity contribution is 6.31. The summed E-state index contributed by atoms with van der Waals surface area (Å²) >= 11 is 6.55. The van der Waals surface area contributed by atoms with Crippen LogP contribution in [0.1, 0.15) is 83.8 Å². The first kappa shape index (κ1) is 30.1. The van der Waals surface area contributed by atoms with E-state index in [-0.39, 0.29) is 30.3 Å². The summed E-state index contributed by atoms with van der Waals surface area (Å²) in [5, 5.41) is 4.13. The summed E-state index contributed by atoms with van der Waals surface area (Å²) in [5.41, 5.74) is 2.38. The molecule has 216 valence electrons. The van der Waals surface area contributed by atoms with Crippen molar-refractivity contribution in [2.75, 3.05) is 32.7 Å². The summed E-state index contributed by atoms with van der Waals surface area (Å²) in [4.78, 5) is 32.0. The average Bonchev–Trinajstić information content (AvgIpc) is 3.17. The molecule has 1 amide bonds. The molecule has 2 atom stereocenters. The Balaban J connectivity index is 1.44. The number of carbonyl (C=O) groups excluding carboxylic acids is 2. The summed E-state index contributed by atoms with van der Waals surface area (Å²) < 4.78 is 5.72. The van der Waals surface area contributed by atoms with Crippen LogP contribution in [0.5, 0.6) is 0 Å². The number of likely N-dealkylation sites (tertiary alicyclic amines) is 2. The van der Waals surface area contributed by atoms with Crippen molar-refractivity contribution in [2.45, 2.75) is 97.8 Å². The van der Waals surface area contributed by atoms with Crippen molar-refractivity contribution in [3.8, 4) is 0 Å².